The van der Waals surface area contributed by atoms with Crippen LogP contribution >= 0.6 is 11.3 Å². The molecule has 0 aliphatic carbocycles. The third-order valence-corrected chi connectivity index (χ3v) is 5.87. The molecule has 0 saturated carbocycles. The first-order valence-electron chi connectivity index (χ1n) is 8.63. The van der Waals surface area contributed by atoms with Crippen LogP contribution in [0.4, 0.5) is 0 Å². The molecule has 5 nitrogen and oxygen atoms in total. The number of aromatic nitrogens is 2. The Bertz CT molecular complexity index is 666. The molecule has 3 heterocycles. The van der Waals surface area contributed by atoms with Crippen LogP contribution in [0.3, 0.4) is 0 Å². The Hall–Kier alpha value is -1.66. The first-order chi connectivity index (χ1) is 11.6. The molecule has 0 bridgehead atoms. The largest absolute Gasteiger partial charge is 0.334 e. The van der Waals surface area contributed by atoms with Crippen LogP contribution in [0.15, 0.2) is 29.9 Å². The Kier molecular flexibility index (Phi) is 5.36. The van der Waals surface area contributed by atoms with E-state index in [9.17, 15) is 4.79 Å². The van der Waals surface area contributed by atoms with E-state index in [0.717, 1.165) is 24.9 Å². The van der Waals surface area contributed by atoms with Crippen molar-refractivity contribution in [2.45, 2.75) is 51.7 Å². The lowest BCUT2D eigenvalue weighted by Gasteiger charge is -2.26. The van der Waals surface area contributed by atoms with Crippen LogP contribution in [-0.4, -0.2) is 39.7 Å². The fourth-order valence-corrected chi connectivity index (χ4v) is 4.12. The van der Waals surface area contributed by atoms with Crippen molar-refractivity contribution < 1.29 is 4.79 Å². The molecule has 1 saturated heterocycles. The third-order valence-electron chi connectivity index (χ3n) is 4.89. The number of amides is 1. The molecule has 1 amide bonds. The fourth-order valence-electron chi connectivity index (χ4n) is 3.25. The Balaban J connectivity index is 1.55. The lowest BCUT2D eigenvalue weighted by Crippen LogP contribution is -2.42. The second-order valence-electron chi connectivity index (χ2n) is 6.67. The van der Waals surface area contributed by atoms with Gasteiger partial charge in [-0.2, -0.15) is 5.10 Å². The molecule has 6 heteroatoms. The maximum absolute atomic E-state index is 12.7. The zero-order chi connectivity index (χ0) is 17.1. The fraction of sp³-hybridized carbons (Fsp3) is 0.556. The van der Waals surface area contributed by atoms with Crippen molar-refractivity contribution >= 4 is 17.2 Å². The molecule has 1 N–H and O–H groups in total. The van der Waals surface area contributed by atoms with Crippen molar-refractivity contribution in [2.24, 2.45) is 0 Å². The van der Waals surface area contributed by atoms with Gasteiger partial charge in [-0.05, 0) is 50.6 Å². The Morgan fingerprint density at radius 2 is 2.33 bits per heavy atom. The van der Waals surface area contributed by atoms with Crippen LogP contribution in [-0.2, 0) is 4.79 Å². The molecule has 1 fully saturated rings. The zero-order valence-electron chi connectivity index (χ0n) is 14.6. The van der Waals surface area contributed by atoms with Crippen LogP contribution in [0, 0.1) is 6.92 Å². The van der Waals surface area contributed by atoms with Crippen molar-refractivity contribution in [3.63, 3.8) is 0 Å². The van der Waals surface area contributed by atoms with Crippen LogP contribution < -0.4 is 5.32 Å². The summed E-state index contributed by atoms with van der Waals surface area (Å²) in [6.07, 6.45) is 6.07. The summed E-state index contributed by atoms with van der Waals surface area (Å²) in [6.45, 7) is 7.52. The zero-order valence-corrected chi connectivity index (χ0v) is 15.4. The van der Waals surface area contributed by atoms with Gasteiger partial charge in [0.25, 0.3) is 0 Å². The van der Waals surface area contributed by atoms with E-state index in [1.807, 2.05) is 28.9 Å². The number of likely N-dealkylation sites (tertiary alicyclic amines) is 1. The predicted octanol–water partition coefficient (Wildman–Crippen LogP) is 3.16. The van der Waals surface area contributed by atoms with Gasteiger partial charge in [-0.1, -0.05) is 6.07 Å². The summed E-state index contributed by atoms with van der Waals surface area (Å²) in [5.74, 6) is 0.196. The van der Waals surface area contributed by atoms with Crippen LogP contribution in [0.25, 0.3) is 0 Å². The highest BCUT2D eigenvalue weighted by molar-refractivity contribution is 7.10. The molecular weight excluding hydrogens is 320 g/mol. The molecule has 0 unspecified atom stereocenters. The van der Waals surface area contributed by atoms with Gasteiger partial charge in [-0.15, -0.1) is 11.3 Å². The molecule has 0 spiro atoms. The van der Waals surface area contributed by atoms with Gasteiger partial charge < -0.3 is 10.2 Å². The molecule has 24 heavy (non-hydrogen) atoms. The molecule has 3 atom stereocenters. The predicted molar refractivity (Wildman–Crippen MR) is 97.1 cm³/mol. The minimum absolute atomic E-state index is 0.177. The van der Waals surface area contributed by atoms with E-state index in [-0.39, 0.29) is 24.0 Å². The van der Waals surface area contributed by atoms with Gasteiger partial charge in [-0.25, -0.2) is 0 Å². The summed E-state index contributed by atoms with van der Waals surface area (Å²) in [5, 5.41) is 9.84. The van der Waals surface area contributed by atoms with E-state index >= 15 is 0 Å². The maximum Gasteiger partial charge on any atom is 0.237 e. The van der Waals surface area contributed by atoms with Crippen molar-refractivity contribution in [1.29, 1.82) is 0 Å². The van der Waals surface area contributed by atoms with E-state index in [2.05, 4.69) is 41.8 Å². The number of carbonyl (C=O) groups is 1. The first kappa shape index (κ1) is 17.2. The SMILES string of the molecule is Cc1cnn([C@H](C)[C@H](C)NCC(=O)N2CCC[C@@H]2c2cccs2)c1. The van der Waals surface area contributed by atoms with Gasteiger partial charge >= 0.3 is 0 Å². The Morgan fingerprint density at radius 1 is 1.50 bits per heavy atom. The molecule has 1 aliphatic heterocycles. The molecule has 2 aromatic rings. The minimum Gasteiger partial charge on any atom is -0.334 e. The van der Waals surface area contributed by atoms with Crippen molar-refractivity contribution in [1.82, 2.24) is 20.0 Å². The highest BCUT2D eigenvalue weighted by atomic mass is 32.1. The quantitative estimate of drug-likeness (QED) is 0.874. The van der Waals surface area contributed by atoms with E-state index in [0.29, 0.717) is 6.54 Å². The van der Waals surface area contributed by atoms with Gasteiger partial charge in [0.2, 0.25) is 5.91 Å². The number of rotatable bonds is 6. The van der Waals surface area contributed by atoms with Gasteiger partial charge in [0.15, 0.2) is 0 Å². The van der Waals surface area contributed by atoms with Crippen LogP contribution in [0.1, 0.15) is 49.2 Å². The number of carbonyl (C=O) groups excluding carboxylic acids is 1. The van der Waals surface area contributed by atoms with E-state index in [1.165, 1.54) is 4.88 Å². The standard InChI is InChI=1S/C18H26N4OS/c1-13-10-20-22(12-13)15(3)14(2)19-11-18(23)21-8-4-6-16(21)17-7-5-9-24-17/h5,7,9-10,12,14-16,19H,4,6,8,11H2,1-3H3/t14-,15+,16+/m0/s1. The molecular formula is C18H26N4OS. The molecule has 0 aromatic carbocycles. The number of nitrogens with zero attached hydrogens (tertiary/aromatic N) is 3. The van der Waals surface area contributed by atoms with Gasteiger partial charge in [0, 0.05) is 23.7 Å². The van der Waals surface area contributed by atoms with Gasteiger partial charge in [0.05, 0.1) is 24.8 Å². The second kappa shape index (κ2) is 7.49. The Labute approximate surface area is 147 Å². The van der Waals surface area contributed by atoms with Crippen molar-refractivity contribution in [3.05, 3.63) is 40.3 Å². The molecule has 2 aromatic heterocycles. The average Bonchev–Trinajstić information content (AvgIpc) is 3.30. The molecule has 130 valence electrons. The smallest absolute Gasteiger partial charge is 0.237 e. The summed E-state index contributed by atoms with van der Waals surface area (Å²) in [4.78, 5) is 16.0. The van der Waals surface area contributed by atoms with E-state index < -0.39 is 0 Å². The normalized spacial score (nSPS) is 20.3. The summed E-state index contributed by atoms with van der Waals surface area (Å²) < 4.78 is 1.96. The second-order valence-corrected chi connectivity index (χ2v) is 7.65. The van der Waals surface area contributed by atoms with E-state index in [1.54, 1.807) is 11.3 Å². The maximum atomic E-state index is 12.7. The van der Waals surface area contributed by atoms with E-state index in [4.69, 9.17) is 0 Å². The third kappa shape index (κ3) is 3.70. The Morgan fingerprint density at radius 3 is 3.00 bits per heavy atom. The summed E-state index contributed by atoms with van der Waals surface area (Å²) in [5.41, 5.74) is 1.15. The first-order valence-corrected chi connectivity index (χ1v) is 9.51. The highest BCUT2D eigenvalue weighted by Crippen LogP contribution is 2.34. The number of thiophene rings is 1. The summed E-state index contributed by atoms with van der Waals surface area (Å²) in [7, 11) is 0. The highest BCUT2D eigenvalue weighted by Gasteiger charge is 2.30. The monoisotopic (exact) mass is 346 g/mol. The van der Waals surface area contributed by atoms with Crippen LogP contribution in [0.2, 0.25) is 0 Å². The molecule has 0 radical (unpaired) electrons. The number of nitrogens with one attached hydrogen (secondary N) is 1. The molecule has 1 aliphatic rings. The summed E-state index contributed by atoms with van der Waals surface area (Å²) in [6, 6.07) is 4.85. The van der Waals surface area contributed by atoms with Crippen molar-refractivity contribution in [3.8, 4) is 0 Å². The lowest BCUT2D eigenvalue weighted by atomic mass is 10.1. The van der Waals surface area contributed by atoms with Gasteiger partial charge in [-0.3, -0.25) is 9.48 Å². The topological polar surface area (TPSA) is 50.2 Å². The van der Waals surface area contributed by atoms with Crippen molar-refractivity contribution in [2.75, 3.05) is 13.1 Å². The lowest BCUT2D eigenvalue weighted by molar-refractivity contribution is -0.131. The minimum atomic E-state index is 0.177. The average molecular weight is 346 g/mol. The van der Waals surface area contributed by atoms with Gasteiger partial charge in [0.1, 0.15) is 0 Å². The van der Waals surface area contributed by atoms with Crippen LogP contribution in [0.5, 0.6) is 0 Å². The molecule has 3 rings (SSSR count). The number of aryl methyl sites for hydroxylation is 1. The summed E-state index contributed by atoms with van der Waals surface area (Å²) >= 11 is 1.74. The number of hydrogen-bond acceptors (Lipinski definition) is 4. The number of hydrogen-bond donors (Lipinski definition) is 1.